The average Bonchev–Trinajstić information content (AvgIpc) is 2.97. The molecule has 2 heteroatoms. The monoisotopic (exact) mass is 267 g/mol. The molecule has 0 heterocycles. The van der Waals surface area contributed by atoms with Crippen molar-refractivity contribution < 1.29 is 4.74 Å². The van der Waals surface area contributed by atoms with E-state index in [0.29, 0.717) is 12.5 Å². The summed E-state index contributed by atoms with van der Waals surface area (Å²) in [4.78, 5) is 0. The van der Waals surface area contributed by atoms with E-state index in [0.717, 1.165) is 5.75 Å². The summed E-state index contributed by atoms with van der Waals surface area (Å²) < 4.78 is 5.87. The van der Waals surface area contributed by atoms with Crippen LogP contribution in [0.2, 0.25) is 0 Å². The Morgan fingerprint density at radius 2 is 1.75 bits per heavy atom. The highest BCUT2D eigenvalue weighted by atomic mass is 16.5. The molecular formula is C18H21NO. The lowest BCUT2D eigenvalue weighted by molar-refractivity contribution is 0.306. The molecule has 0 aliphatic heterocycles. The van der Waals surface area contributed by atoms with Crippen LogP contribution in [-0.2, 0) is 6.61 Å². The van der Waals surface area contributed by atoms with Gasteiger partial charge in [-0.05, 0) is 28.7 Å². The number of benzene rings is 2. The molecule has 0 unspecified atom stereocenters. The van der Waals surface area contributed by atoms with Gasteiger partial charge in [0.05, 0.1) is 0 Å². The van der Waals surface area contributed by atoms with Crippen molar-refractivity contribution in [2.75, 3.05) is 0 Å². The highest BCUT2D eigenvalue weighted by molar-refractivity contribution is 5.39. The van der Waals surface area contributed by atoms with Gasteiger partial charge in [0.2, 0.25) is 0 Å². The van der Waals surface area contributed by atoms with Crippen molar-refractivity contribution in [3.8, 4) is 5.75 Å². The number of nitrogens with two attached hydrogens (primary N) is 1. The Bertz CT molecular complexity index is 591. The molecule has 0 saturated heterocycles. The number of hydrogen-bond acceptors (Lipinski definition) is 2. The van der Waals surface area contributed by atoms with Gasteiger partial charge in [0.15, 0.2) is 0 Å². The maximum Gasteiger partial charge on any atom is 0.120 e. The SMILES string of the molecule is CC1(C)[C@@H](N)[C@@H]1c1cccc(OCc2ccccc2)c1. The van der Waals surface area contributed by atoms with Gasteiger partial charge in [-0.3, -0.25) is 0 Å². The average molecular weight is 267 g/mol. The van der Waals surface area contributed by atoms with Crippen LogP contribution in [0.5, 0.6) is 5.75 Å². The fraction of sp³-hybridized carbons (Fsp3) is 0.333. The van der Waals surface area contributed by atoms with Gasteiger partial charge >= 0.3 is 0 Å². The summed E-state index contributed by atoms with van der Waals surface area (Å²) in [6.45, 7) is 5.05. The van der Waals surface area contributed by atoms with Crippen LogP contribution in [0.3, 0.4) is 0 Å². The van der Waals surface area contributed by atoms with Gasteiger partial charge in [-0.25, -0.2) is 0 Å². The van der Waals surface area contributed by atoms with E-state index in [9.17, 15) is 0 Å². The van der Waals surface area contributed by atoms with E-state index in [2.05, 4.69) is 44.2 Å². The summed E-state index contributed by atoms with van der Waals surface area (Å²) in [5.74, 6) is 1.36. The molecule has 1 aliphatic rings. The molecule has 0 amide bonds. The Morgan fingerprint density at radius 1 is 1.05 bits per heavy atom. The Balaban J connectivity index is 1.70. The van der Waals surface area contributed by atoms with Gasteiger partial charge in [0.1, 0.15) is 12.4 Å². The molecule has 2 aromatic carbocycles. The summed E-state index contributed by atoms with van der Waals surface area (Å²) >= 11 is 0. The maximum atomic E-state index is 6.15. The van der Waals surface area contributed by atoms with Crippen molar-refractivity contribution in [1.29, 1.82) is 0 Å². The molecule has 2 atom stereocenters. The van der Waals surface area contributed by atoms with Crippen molar-refractivity contribution in [3.63, 3.8) is 0 Å². The number of rotatable bonds is 4. The van der Waals surface area contributed by atoms with Crippen molar-refractivity contribution in [1.82, 2.24) is 0 Å². The molecule has 2 N–H and O–H groups in total. The molecule has 3 rings (SSSR count). The third-order valence-corrected chi connectivity index (χ3v) is 4.38. The molecule has 0 radical (unpaired) electrons. The van der Waals surface area contributed by atoms with E-state index in [4.69, 9.17) is 10.5 Å². The van der Waals surface area contributed by atoms with Gasteiger partial charge in [-0.1, -0.05) is 56.3 Å². The molecule has 2 aromatic rings. The molecule has 2 nitrogen and oxygen atoms in total. The highest BCUT2D eigenvalue weighted by Crippen LogP contribution is 2.57. The zero-order chi connectivity index (χ0) is 14.2. The molecule has 1 saturated carbocycles. The minimum Gasteiger partial charge on any atom is -0.489 e. The second-order valence-electron chi connectivity index (χ2n) is 6.17. The first kappa shape index (κ1) is 13.2. The maximum absolute atomic E-state index is 6.15. The van der Waals surface area contributed by atoms with Gasteiger partial charge in [-0.2, -0.15) is 0 Å². The molecule has 104 valence electrons. The third kappa shape index (κ3) is 2.44. The summed E-state index contributed by atoms with van der Waals surface area (Å²) in [7, 11) is 0. The number of ether oxygens (including phenoxy) is 1. The molecule has 1 fully saturated rings. The van der Waals surface area contributed by atoms with Crippen LogP contribution in [0.25, 0.3) is 0 Å². The normalized spacial score (nSPS) is 23.4. The first-order valence-corrected chi connectivity index (χ1v) is 7.11. The van der Waals surface area contributed by atoms with Crippen LogP contribution < -0.4 is 10.5 Å². The van der Waals surface area contributed by atoms with E-state index < -0.39 is 0 Å². The van der Waals surface area contributed by atoms with E-state index in [1.807, 2.05) is 24.3 Å². The lowest BCUT2D eigenvalue weighted by Gasteiger charge is -2.09. The van der Waals surface area contributed by atoms with Crippen LogP contribution >= 0.6 is 0 Å². The van der Waals surface area contributed by atoms with E-state index in [1.165, 1.54) is 11.1 Å². The number of hydrogen-bond donors (Lipinski definition) is 1. The largest absolute Gasteiger partial charge is 0.489 e. The fourth-order valence-electron chi connectivity index (χ4n) is 2.85. The predicted molar refractivity (Wildman–Crippen MR) is 81.7 cm³/mol. The molecule has 0 bridgehead atoms. The van der Waals surface area contributed by atoms with E-state index in [1.54, 1.807) is 0 Å². The zero-order valence-electron chi connectivity index (χ0n) is 12.0. The van der Waals surface area contributed by atoms with Crippen LogP contribution in [0.1, 0.15) is 30.9 Å². The van der Waals surface area contributed by atoms with Crippen LogP contribution in [0.15, 0.2) is 54.6 Å². The van der Waals surface area contributed by atoms with Crippen molar-refractivity contribution in [2.45, 2.75) is 32.4 Å². The predicted octanol–water partition coefficient (Wildman–Crippen LogP) is 3.72. The lowest BCUT2D eigenvalue weighted by atomic mass is 10.0. The zero-order valence-corrected chi connectivity index (χ0v) is 12.0. The second-order valence-corrected chi connectivity index (χ2v) is 6.17. The van der Waals surface area contributed by atoms with Gasteiger partial charge in [0, 0.05) is 12.0 Å². The lowest BCUT2D eigenvalue weighted by Crippen LogP contribution is -2.06. The summed E-state index contributed by atoms with van der Waals surface area (Å²) in [5, 5.41) is 0. The fourth-order valence-corrected chi connectivity index (χ4v) is 2.85. The second kappa shape index (κ2) is 4.95. The Morgan fingerprint density at radius 3 is 2.40 bits per heavy atom. The molecular weight excluding hydrogens is 246 g/mol. The minimum atomic E-state index is 0.206. The summed E-state index contributed by atoms with van der Waals surface area (Å²) in [6.07, 6.45) is 0. The van der Waals surface area contributed by atoms with Crippen molar-refractivity contribution >= 4 is 0 Å². The quantitative estimate of drug-likeness (QED) is 0.916. The van der Waals surface area contributed by atoms with E-state index in [-0.39, 0.29) is 11.5 Å². The Kier molecular flexibility index (Phi) is 3.27. The van der Waals surface area contributed by atoms with Crippen molar-refractivity contribution in [2.24, 2.45) is 11.1 Å². The van der Waals surface area contributed by atoms with E-state index >= 15 is 0 Å². The first-order valence-electron chi connectivity index (χ1n) is 7.11. The molecule has 0 aromatic heterocycles. The minimum absolute atomic E-state index is 0.206. The highest BCUT2D eigenvalue weighted by Gasteiger charge is 2.56. The standard InChI is InChI=1S/C18H21NO/c1-18(2)16(17(18)19)14-9-6-10-15(11-14)20-12-13-7-4-3-5-8-13/h3-11,16-17H,12,19H2,1-2H3/t16-,17-/m0/s1. The first-order chi connectivity index (χ1) is 9.59. The summed E-state index contributed by atoms with van der Waals surface area (Å²) in [6, 6.07) is 18.8. The Hall–Kier alpha value is -1.80. The summed E-state index contributed by atoms with van der Waals surface area (Å²) in [5.41, 5.74) is 8.82. The molecule has 20 heavy (non-hydrogen) atoms. The smallest absolute Gasteiger partial charge is 0.120 e. The van der Waals surface area contributed by atoms with Gasteiger partial charge in [-0.15, -0.1) is 0 Å². The van der Waals surface area contributed by atoms with Gasteiger partial charge < -0.3 is 10.5 Å². The molecule has 1 aliphatic carbocycles. The Labute approximate surface area is 120 Å². The van der Waals surface area contributed by atoms with Crippen LogP contribution in [-0.4, -0.2) is 6.04 Å². The van der Waals surface area contributed by atoms with Crippen molar-refractivity contribution in [3.05, 3.63) is 65.7 Å². The van der Waals surface area contributed by atoms with Crippen LogP contribution in [0.4, 0.5) is 0 Å². The topological polar surface area (TPSA) is 35.2 Å². The third-order valence-electron chi connectivity index (χ3n) is 4.38. The molecule has 0 spiro atoms. The van der Waals surface area contributed by atoms with Gasteiger partial charge in [0.25, 0.3) is 0 Å². The van der Waals surface area contributed by atoms with Crippen LogP contribution in [0, 0.1) is 5.41 Å².